The first-order valence-electron chi connectivity index (χ1n) is 12.8. The lowest BCUT2D eigenvalue weighted by atomic mass is 9.92. The van der Waals surface area contributed by atoms with Gasteiger partial charge in [0.15, 0.2) is 5.82 Å². The van der Waals surface area contributed by atoms with E-state index in [1.165, 1.54) is 31.4 Å². The van der Waals surface area contributed by atoms with Gasteiger partial charge in [-0.25, -0.2) is 32.5 Å². The number of hydrogen-bond acceptors (Lipinski definition) is 8. The number of sulfonamides is 1. The first-order chi connectivity index (χ1) is 18.2. The van der Waals surface area contributed by atoms with Gasteiger partial charge < -0.3 is 19.8 Å². The highest BCUT2D eigenvalue weighted by molar-refractivity contribution is 7.88. The van der Waals surface area contributed by atoms with E-state index in [1.54, 1.807) is 24.4 Å². The maximum atomic E-state index is 13.7. The Hall–Kier alpha value is -2.93. The van der Waals surface area contributed by atoms with Crippen LogP contribution >= 0.6 is 0 Å². The summed E-state index contributed by atoms with van der Waals surface area (Å²) in [6.07, 6.45) is 7.88. The monoisotopic (exact) mass is 544 g/mol. The van der Waals surface area contributed by atoms with Crippen LogP contribution in [0.3, 0.4) is 0 Å². The van der Waals surface area contributed by atoms with Crippen LogP contribution in [-0.2, 0) is 19.5 Å². The van der Waals surface area contributed by atoms with Crippen molar-refractivity contribution in [1.82, 2.24) is 24.7 Å². The zero-order valence-corrected chi connectivity index (χ0v) is 22.4. The summed E-state index contributed by atoms with van der Waals surface area (Å²) in [6.45, 7) is 2.62. The van der Waals surface area contributed by atoms with Crippen LogP contribution < -0.4 is 10.0 Å². The second-order valence-electron chi connectivity index (χ2n) is 10.5. The van der Waals surface area contributed by atoms with Gasteiger partial charge in [0, 0.05) is 29.8 Å². The van der Waals surface area contributed by atoms with Crippen LogP contribution in [0, 0.1) is 11.2 Å². The molecule has 1 aliphatic heterocycles. The topological polar surface area (TPSA) is 131 Å². The second-order valence-corrected chi connectivity index (χ2v) is 12.3. The van der Waals surface area contributed by atoms with Gasteiger partial charge in [0.25, 0.3) is 0 Å². The number of benzene rings is 1. The lowest BCUT2D eigenvalue weighted by Crippen LogP contribution is -2.45. The quantitative estimate of drug-likeness (QED) is 0.388. The van der Waals surface area contributed by atoms with E-state index in [2.05, 4.69) is 20.0 Å². The Kier molecular flexibility index (Phi) is 7.75. The van der Waals surface area contributed by atoms with Gasteiger partial charge >= 0.3 is 0 Å². The van der Waals surface area contributed by atoms with Crippen LogP contribution in [0.5, 0.6) is 0 Å². The van der Waals surface area contributed by atoms with Crippen LogP contribution in [0.15, 0.2) is 36.5 Å². The second kappa shape index (κ2) is 11.0. The van der Waals surface area contributed by atoms with E-state index in [-0.39, 0.29) is 25.6 Å². The Morgan fingerprint density at radius 2 is 1.79 bits per heavy atom. The molecule has 0 spiro atoms. The molecule has 2 aliphatic rings. The highest BCUT2D eigenvalue weighted by atomic mass is 32.2. The van der Waals surface area contributed by atoms with Crippen molar-refractivity contribution in [3.63, 3.8) is 0 Å². The number of anilines is 1. The van der Waals surface area contributed by atoms with E-state index < -0.39 is 21.7 Å². The highest BCUT2D eigenvalue weighted by Crippen LogP contribution is 2.35. The lowest BCUT2D eigenvalue weighted by molar-refractivity contribution is -0.231. The van der Waals surface area contributed by atoms with Crippen molar-refractivity contribution in [2.75, 3.05) is 31.3 Å². The third-order valence-electron chi connectivity index (χ3n) is 6.84. The number of imidazole rings is 1. The molecule has 5 rings (SSSR count). The van der Waals surface area contributed by atoms with Crippen molar-refractivity contribution >= 4 is 16.0 Å². The standard InChI is InChI=1S/C26H33FN6O4S/c1-26(14-29-38(2,34)35)15-36-24(37-16-26)23-32-21(17-8-10-18(27)11-9-17)22(33-23)20-12-13-28-25(31-20)30-19-6-4-3-5-7-19/h8-13,19,24,29H,3-7,14-16H2,1-2H3,(H,32,33)(H,28,30,31). The van der Waals surface area contributed by atoms with Crippen LogP contribution in [0.1, 0.15) is 51.1 Å². The van der Waals surface area contributed by atoms with Crippen LogP contribution in [0.25, 0.3) is 22.6 Å². The SMILES string of the molecule is CC1(CNS(C)(=O)=O)COC(c2nc(-c3ccc(F)cc3)c(-c3ccnc(NC4CCCCC4)n3)[nH]2)OC1. The molecule has 1 saturated carbocycles. The minimum absolute atomic E-state index is 0.195. The molecule has 204 valence electrons. The zero-order valence-electron chi connectivity index (χ0n) is 21.5. The summed E-state index contributed by atoms with van der Waals surface area (Å²) < 4.78 is 51.2. The molecule has 0 atom stereocenters. The number of rotatable bonds is 8. The van der Waals surface area contributed by atoms with Crippen molar-refractivity contribution in [3.05, 3.63) is 48.2 Å². The number of aromatic amines is 1. The maximum absolute atomic E-state index is 13.7. The molecule has 0 radical (unpaired) electrons. The Balaban J connectivity index is 1.40. The fourth-order valence-electron chi connectivity index (χ4n) is 4.71. The molecule has 10 nitrogen and oxygen atoms in total. The van der Waals surface area contributed by atoms with E-state index in [0.29, 0.717) is 40.5 Å². The summed E-state index contributed by atoms with van der Waals surface area (Å²) in [6, 6.07) is 8.25. The van der Waals surface area contributed by atoms with E-state index in [9.17, 15) is 12.8 Å². The Bertz CT molecular complexity index is 1350. The average Bonchev–Trinajstić information content (AvgIpc) is 3.34. The minimum atomic E-state index is -3.33. The molecule has 0 bridgehead atoms. The fraction of sp³-hybridized carbons (Fsp3) is 0.500. The molecule has 0 unspecified atom stereocenters. The van der Waals surface area contributed by atoms with E-state index in [0.717, 1.165) is 19.1 Å². The summed E-state index contributed by atoms with van der Waals surface area (Å²) in [7, 11) is -3.33. The molecular formula is C26H33FN6O4S. The van der Waals surface area contributed by atoms with Gasteiger partial charge in [0.2, 0.25) is 22.3 Å². The number of ether oxygens (including phenoxy) is 2. The molecule has 1 aromatic carbocycles. The molecule has 3 aromatic rings. The molecule has 1 aliphatic carbocycles. The average molecular weight is 545 g/mol. The largest absolute Gasteiger partial charge is 0.351 e. The summed E-state index contributed by atoms with van der Waals surface area (Å²) in [4.78, 5) is 17.3. The summed E-state index contributed by atoms with van der Waals surface area (Å²) >= 11 is 0. The predicted molar refractivity (Wildman–Crippen MR) is 141 cm³/mol. The van der Waals surface area contributed by atoms with Crippen molar-refractivity contribution in [1.29, 1.82) is 0 Å². The molecule has 2 aromatic heterocycles. The number of H-pyrrole nitrogens is 1. The highest BCUT2D eigenvalue weighted by Gasteiger charge is 2.36. The van der Waals surface area contributed by atoms with Crippen molar-refractivity contribution < 1.29 is 22.3 Å². The smallest absolute Gasteiger partial charge is 0.223 e. The Morgan fingerprint density at radius 1 is 1.08 bits per heavy atom. The van der Waals surface area contributed by atoms with E-state index >= 15 is 0 Å². The maximum Gasteiger partial charge on any atom is 0.223 e. The van der Waals surface area contributed by atoms with Crippen molar-refractivity contribution in [3.8, 4) is 22.6 Å². The van der Waals surface area contributed by atoms with Gasteiger partial charge in [-0.3, -0.25) is 0 Å². The first-order valence-corrected chi connectivity index (χ1v) is 14.7. The number of nitrogens with zero attached hydrogens (tertiary/aromatic N) is 3. The number of halogens is 1. The van der Waals surface area contributed by atoms with Crippen LogP contribution in [0.2, 0.25) is 0 Å². The summed E-state index contributed by atoms with van der Waals surface area (Å²) in [5, 5.41) is 3.46. The van der Waals surface area contributed by atoms with Crippen molar-refractivity contribution in [2.45, 2.75) is 51.4 Å². The van der Waals surface area contributed by atoms with E-state index in [4.69, 9.17) is 19.4 Å². The van der Waals surface area contributed by atoms with Crippen molar-refractivity contribution in [2.24, 2.45) is 5.41 Å². The number of aromatic nitrogens is 4. The Labute approximate surface area is 221 Å². The van der Waals surface area contributed by atoms with Gasteiger partial charge in [0.1, 0.15) is 5.82 Å². The van der Waals surface area contributed by atoms with Crippen LogP contribution in [-0.4, -0.2) is 60.4 Å². The summed E-state index contributed by atoms with van der Waals surface area (Å²) in [5.74, 6) is 0.653. The molecule has 0 amide bonds. The van der Waals surface area contributed by atoms with Gasteiger partial charge in [-0.05, 0) is 43.2 Å². The third kappa shape index (κ3) is 6.55. The molecule has 2 fully saturated rings. The molecule has 38 heavy (non-hydrogen) atoms. The number of nitrogens with one attached hydrogen (secondary N) is 3. The van der Waals surface area contributed by atoms with Gasteiger partial charge in [0.05, 0.1) is 36.6 Å². The molecule has 1 saturated heterocycles. The minimum Gasteiger partial charge on any atom is -0.351 e. The third-order valence-corrected chi connectivity index (χ3v) is 7.51. The summed E-state index contributed by atoms with van der Waals surface area (Å²) in [5.41, 5.74) is 2.04. The van der Waals surface area contributed by atoms with Gasteiger partial charge in [-0.15, -0.1) is 0 Å². The fourth-order valence-corrected chi connectivity index (χ4v) is 5.32. The van der Waals surface area contributed by atoms with Crippen LogP contribution in [0.4, 0.5) is 10.3 Å². The molecule has 3 heterocycles. The number of hydrogen-bond donors (Lipinski definition) is 3. The molecule has 3 N–H and O–H groups in total. The van der Waals surface area contributed by atoms with E-state index in [1.807, 2.05) is 6.92 Å². The predicted octanol–water partition coefficient (Wildman–Crippen LogP) is 4.02. The normalized spacial score (nSPS) is 22.9. The molecular weight excluding hydrogens is 511 g/mol. The molecule has 12 heteroatoms. The zero-order chi connectivity index (χ0) is 26.8. The first kappa shape index (κ1) is 26.7. The van der Waals surface area contributed by atoms with Gasteiger partial charge in [-0.2, -0.15) is 0 Å². The Morgan fingerprint density at radius 3 is 2.47 bits per heavy atom. The lowest BCUT2D eigenvalue weighted by Gasteiger charge is -2.36. The van der Waals surface area contributed by atoms with Gasteiger partial charge in [-0.1, -0.05) is 26.2 Å².